The number of hydrogen-bond donors (Lipinski definition) is 2. The number of carbonyl (C=O) groups excluding carboxylic acids is 1. The summed E-state index contributed by atoms with van der Waals surface area (Å²) in [5, 5.41) is 2.12. The number of halogens is 1. The first kappa shape index (κ1) is 22.3. The number of nitrogen functional groups attached to an aromatic ring is 1. The van der Waals surface area contributed by atoms with E-state index in [0.29, 0.717) is 16.4 Å². The van der Waals surface area contributed by atoms with E-state index >= 15 is 0 Å². The van der Waals surface area contributed by atoms with Crippen molar-refractivity contribution in [1.82, 2.24) is 20.3 Å². The van der Waals surface area contributed by atoms with Gasteiger partial charge >= 0.3 is 0 Å². The zero-order chi connectivity index (χ0) is 21.9. The lowest BCUT2D eigenvalue weighted by molar-refractivity contribution is 0.0943. The summed E-state index contributed by atoms with van der Waals surface area (Å²) in [6, 6.07) is 7.81. The van der Waals surface area contributed by atoms with Gasteiger partial charge in [0.2, 0.25) is 5.95 Å². The second kappa shape index (κ2) is 9.18. The third-order valence-electron chi connectivity index (χ3n) is 5.67. The molecule has 1 aromatic heterocycles. The van der Waals surface area contributed by atoms with Crippen LogP contribution >= 0.6 is 11.6 Å². The first-order valence-electron chi connectivity index (χ1n) is 10.3. The number of amides is 1. The smallest absolute Gasteiger partial charge is 0.269 e. The lowest BCUT2D eigenvalue weighted by Crippen LogP contribution is -2.48. The van der Waals surface area contributed by atoms with Crippen molar-refractivity contribution >= 4 is 29.3 Å². The molecule has 8 heteroatoms. The number of anilines is 2. The van der Waals surface area contributed by atoms with Gasteiger partial charge in [0.1, 0.15) is 5.02 Å². The van der Waals surface area contributed by atoms with Gasteiger partial charge in [-0.05, 0) is 58.4 Å². The Morgan fingerprint density at radius 3 is 2.47 bits per heavy atom. The van der Waals surface area contributed by atoms with E-state index in [1.165, 1.54) is 6.20 Å². The average molecular weight is 431 g/mol. The van der Waals surface area contributed by atoms with Crippen LogP contribution in [0.5, 0.6) is 0 Å². The Labute approximate surface area is 183 Å². The van der Waals surface area contributed by atoms with Gasteiger partial charge in [-0.2, -0.15) is 4.98 Å². The zero-order valence-corrected chi connectivity index (χ0v) is 18.9. The highest BCUT2D eigenvalue weighted by Crippen LogP contribution is 2.30. The van der Waals surface area contributed by atoms with Crippen LogP contribution in [0.2, 0.25) is 5.02 Å². The van der Waals surface area contributed by atoms with Crippen LogP contribution in [0.15, 0.2) is 30.5 Å². The molecule has 3 rings (SSSR count). The molecule has 1 amide bonds. The van der Waals surface area contributed by atoms with E-state index in [0.717, 1.165) is 37.8 Å². The summed E-state index contributed by atoms with van der Waals surface area (Å²) in [6.45, 7) is 7.35. The second-order valence-corrected chi connectivity index (χ2v) is 9.28. The second-order valence-electron chi connectivity index (χ2n) is 8.87. The summed E-state index contributed by atoms with van der Waals surface area (Å²) in [6.07, 6.45) is 5.58. The molecule has 30 heavy (non-hydrogen) atoms. The average Bonchev–Trinajstić information content (AvgIpc) is 3.22. The maximum atomic E-state index is 13.0. The van der Waals surface area contributed by atoms with E-state index in [-0.39, 0.29) is 23.4 Å². The molecule has 1 aliphatic rings. The summed E-state index contributed by atoms with van der Waals surface area (Å²) < 4.78 is 0. The van der Waals surface area contributed by atoms with Crippen molar-refractivity contribution in [3.05, 3.63) is 46.6 Å². The summed E-state index contributed by atoms with van der Waals surface area (Å²) in [4.78, 5) is 23.5. The highest BCUT2D eigenvalue weighted by atomic mass is 35.5. The molecule has 0 saturated heterocycles. The third kappa shape index (κ3) is 5.40. The Balaban J connectivity index is 1.76. The Hall–Kier alpha value is -2.38. The van der Waals surface area contributed by atoms with E-state index in [9.17, 15) is 4.79 Å². The fourth-order valence-corrected chi connectivity index (χ4v) is 3.65. The van der Waals surface area contributed by atoms with Crippen LogP contribution in [0.3, 0.4) is 0 Å². The molecular weight excluding hydrogens is 400 g/mol. The minimum absolute atomic E-state index is 0.0798. The number of benzene rings is 1. The first-order chi connectivity index (χ1) is 14.1. The molecule has 1 fully saturated rings. The molecule has 162 valence electrons. The largest absolute Gasteiger partial charge is 0.368 e. The Bertz CT molecular complexity index is 874. The van der Waals surface area contributed by atoms with Gasteiger partial charge in [-0.15, -0.1) is 0 Å². The molecule has 0 radical (unpaired) electrons. The first-order valence-corrected chi connectivity index (χ1v) is 10.7. The lowest BCUT2D eigenvalue weighted by atomic mass is 10.0. The fraction of sp³-hybridized carbons (Fsp3) is 0.500. The number of nitrogens with one attached hydrogen (secondary N) is 1. The highest BCUT2D eigenvalue weighted by molar-refractivity contribution is 6.32. The van der Waals surface area contributed by atoms with E-state index in [1.807, 2.05) is 24.3 Å². The maximum Gasteiger partial charge on any atom is 0.269 e. The molecular formula is C22H31ClN6O. The monoisotopic (exact) mass is 430 g/mol. The number of hydrogen-bond acceptors (Lipinski definition) is 6. The van der Waals surface area contributed by atoms with Crippen molar-refractivity contribution in [2.45, 2.75) is 64.6 Å². The van der Waals surface area contributed by atoms with Gasteiger partial charge in [-0.25, -0.2) is 4.98 Å². The van der Waals surface area contributed by atoms with Gasteiger partial charge < -0.3 is 5.73 Å². The normalized spacial score (nSPS) is 14.9. The Kier molecular flexibility index (Phi) is 6.83. The van der Waals surface area contributed by atoms with Crippen molar-refractivity contribution in [3.8, 4) is 0 Å². The molecule has 3 N–H and O–H groups in total. The highest BCUT2D eigenvalue weighted by Gasteiger charge is 2.28. The van der Waals surface area contributed by atoms with E-state index < -0.39 is 0 Å². The molecule has 0 spiro atoms. The molecule has 1 heterocycles. The molecule has 7 nitrogen and oxygen atoms in total. The van der Waals surface area contributed by atoms with Gasteiger partial charge in [0, 0.05) is 17.6 Å². The maximum absolute atomic E-state index is 13.0. The van der Waals surface area contributed by atoms with Crippen molar-refractivity contribution in [2.24, 2.45) is 0 Å². The van der Waals surface area contributed by atoms with Gasteiger partial charge in [-0.1, -0.05) is 36.6 Å². The number of carbonyl (C=O) groups is 1. The minimum atomic E-state index is -0.203. The van der Waals surface area contributed by atoms with Crippen LogP contribution in [0.25, 0.3) is 0 Å². The van der Waals surface area contributed by atoms with Crippen LogP contribution in [-0.4, -0.2) is 39.4 Å². The van der Waals surface area contributed by atoms with Crippen molar-refractivity contribution < 1.29 is 4.79 Å². The number of aromatic nitrogens is 2. The molecule has 1 aromatic carbocycles. The van der Waals surface area contributed by atoms with Gasteiger partial charge in [0.25, 0.3) is 5.91 Å². The Morgan fingerprint density at radius 1 is 1.23 bits per heavy atom. The number of nitrogens with zero attached hydrogens (tertiary/aromatic N) is 4. The number of rotatable bonds is 6. The van der Waals surface area contributed by atoms with Crippen molar-refractivity contribution in [2.75, 3.05) is 17.8 Å². The predicted molar refractivity (Wildman–Crippen MR) is 121 cm³/mol. The van der Waals surface area contributed by atoms with Crippen LogP contribution in [0, 0.1) is 0 Å². The van der Waals surface area contributed by atoms with Gasteiger partial charge in [-0.3, -0.25) is 20.1 Å². The SMILES string of the molecule is CN(Cc1ccc(C(=O)NN(c2nc(N)ncc2Cl)C2CCCC2)cc1)C(C)(C)C. The van der Waals surface area contributed by atoms with Crippen LogP contribution < -0.4 is 16.2 Å². The van der Waals surface area contributed by atoms with Gasteiger partial charge in [0.05, 0.1) is 12.2 Å². The van der Waals surface area contributed by atoms with Crippen molar-refractivity contribution in [3.63, 3.8) is 0 Å². The molecule has 1 aliphatic carbocycles. The summed E-state index contributed by atoms with van der Waals surface area (Å²) in [5.41, 5.74) is 10.6. The lowest BCUT2D eigenvalue weighted by Gasteiger charge is -2.32. The summed E-state index contributed by atoms with van der Waals surface area (Å²) in [7, 11) is 2.09. The molecule has 0 unspecified atom stereocenters. The van der Waals surface area contributed by atoms with Crippen molar-refractivity contribution in [1.29, 1.82) is 0 Å². The summed E-state index contributed by atoms with van der Waals surface area (Å²) >= 11 is 6.33. The molecule has 0 atom stereocenters. The summed E-state index contributed by atoms with van der Waals surface area (Å²) in [5.74, 6) is 0.359. The number of nitrogens with two attached hydrogens (primary N) is 1. The van der Waals surface area contributed by atoms with Crippen LogP contribution in [0.4, 0.5) is 11.8 Å². The van der Waals surface area contributed by atoms with E-state index in [1.54, 1.807) is 5.01 Å². The topological polar surface area (TPSA) is 87.4 Å². The van der Waals surface area contributed by atoms with E-state index in [4.69, 9.17) is 17.3 Å². The molecule has 0 bridgehead atoms. The third-order valence-corrected chi connectivity index (χ3v) is 5.93. The fourth-order valence-electron chi connectivity index (χ4n) is 3.47. The van der Waals surface area contributed by atoms with Gasteiger partial charge in [0.15, 0.2) is 5.82 Å². The minimum Gasteiger partial charge on any atom is -0.368 e. The van der Waals surface area contributed by atoms with Crippen LogP contribution in [0.1, 0.15) is 62.4 Å². The molecule has 1 saturated carbocycles. The Morgan fingerprint density at radius 2 is 1.87 bits per heavy atom. The zero-order valence-electron chi connectivity index (χ0n) is 18.2. The van der Waals surface area contributed by atoms with E-state index in [2.05, 4.69) is 48.1 Å². The standard InChI is InChI=1S/C22H31ClN6O/c1-22(2,3)28(4)14-15-9-11-16(12-10-15)20(30)27-29(17-7-5-6-8-17)19-18(23)13-25-21(24)26-19/h9-13,17H,5-8,14H2,1-4H3,(H,27,30)(H2,24,25,26). The number of hydrazine groups is 1. The predicted octanol–water partition coefficient (Wildman–Crippen LogP) is 4.04. The molecule has 2 aromatic rings. The molecule has 0 aliphatic heterocycles. The quantitative estimate of drug-likeness (QED) is 0.672. The van der Waals surface area contributed by atoms with Crippen LogP contribution in [-0.2, 0) is 6.54 Å².